The Morgan fingerprint density at radius 2 is 1.54 bits per heavy atom. The fourth-order valence-electron chi connectivity index (χ4n) is 5.14. The van der Waals surface area contributed by atoms with E-state index in [9.17, 15) is 23.5 Å². The van der Waals surface area contributed by atoms with E-state index < -0.39 is 34.5 Å². The Morgan fingerprint density at radius 3 is 2.13 bits per heavy atom. The maximum atomic E-state index is 14.2. The van der Waals surface area contributed by atoms with E-state index in [0.29, 0.717) is 39.4 Å². The molecule has 39 heavy (non-hydrogen) atoms. The largest absolute Gasteiger partial charge is 0.496 e. The molecule has 3 aromatic carbocycles. The molecule has 4 rings (SSSR count). The van der Waals surface area contributed by atoms with Gasteiger partial charge in [0.1, 0.15) is 35.3 Å². The van der Waals surface area contributed by atoms with Crippen LogP contribution in [0, 0.1) is 17.0 Å². The minimum atomic E-state index is -2.03. The summed E-state index contributed by atoms with van der Waals surface area (Å²) in [5, 5.41) is 14.7. The number of ether oxygens (including phenoxy) is 3. The molecular formula is C30H31F2NO6. The molecule has 0 bridgehead atoms. The van der Waals surface area contributed by atoms with Crippen LogP contribution in [0.1, 0.15) is 47.3 Å². The predicted molar refractivity (Wildman–Crippen MR) is 141 cm³/mol. The second kappa shape index (κ2) is 11.0. The third-order valence-corrected chi connectivity index (χ3v) is 6.77. The van der Waals surface area contributed by atoms with Crippen molar-refractivity contribution in [1.82, 2.24) is 0 Å². The van der Waals surface area contributed by atoms with Crippen molar-refractivity contribution in [2.24, 2.45) is 5.41 Å². The first kappa shape index (κ1) is 28.0. The van der Waals surface area contributed by atoms with Crippen LogP contribution in [0.2, 0.25) is 0 Å². The number of halogens is 2. The number of amides is 1. The van der Waals surface area contributed by atoms with E-state index in [1.54, 1.807) is 18.2 Å². The summed E-state index contributed by atoms with van der Waals surface area (Å²) in [6.07, 6.45) is -0.0458. The van der Waals surface area contributed by atoms with Crippen LogP contribution in [0.25, 0.3) is 0 Å². The van der Waals surface area contributed by atoms with Crippen LogP contribution in [0.3, 0.4) is 0 Å². The second-order valence-electron chi connectivity index (χ2n) is 10.5. The third kappa shape index (κ3) is 6.37. The van der Waals surface area contributed by atoms with Gasteiger partial charge < -0.3 is 24.6 Å². The van der Waals surface area contributed by atoms with Crippen LogP contribution in [-0.4, -0.2) is 36.8 Å². The molecule has 2 N–H and O–H groups in total. The summed E-state index contributed by atoms with van der Waals surface area (Å²) in [6.45, 7) is 3.78. The van der Waals surface area contributed by atoms with E-state index in [0.717, 1.165) is 0 Å². The number of aliphatic hydroxyl groups is 1. The molecule has 7 nitrogen and oxygen atoms in total. The molecule has 0 saturated heterocycles. The summed E-state index contributed by atoms with van der Waals surface area (Å²) >= 11 is 0. The van der Waals surface area contributed by atoms with Crippen molar-refractivity contribution in [1.29, 1.82) is 0 Å². The number of nitrogens with one attached hydrogen (secondary N) is 1. The van der Waals surface area contributed by atoms with Crippen molar-refractivity contribution in [3.63, 3.8) is 0 Å². The quantitative estimate of drug-likeness (QED) is 0.343. The summed E-state index contributed by atoms with van der Waals surface area (Å²) in [6, 6.07) is 12.8. The average Bonchev–Trinajstić information content (AvgIpc) is 3.23. The number of rotatable bonds is 10. The molecule has 3 aromatic rings. The molecule has 1 aliphatic rings. The van der Waals surface area contributed by atoms with Gasteiger partial charge >= 0.3 is 5.97 Å². The number of carbonyl (C=O) groups is 2. The summed E-state index contributed by atoms with van der Waals surface area (Å²) in [5.74, 6) is -1.33. The minimum absolute atomic E-state index is 0.0717. The lowest BCUT2D eigenvalue weighted by Gasteiger charge is -2.36. The van der Waals surface area contributed by atoms with Crippen LogP contribution in [0.15, 0.2) is 54.6 Å². The lowest BCUT2D eigenvalue weighted by Crippen LogP contribution is -2.48. The number of carbonyl (C=O) groups excluding carboxylic acids is 2. The van der Waals surface area contributed by atoms with E-state index in [1.807, 2.05) is 13.8 Å². The van der Waals surface area contributed by atoms with Crippen molar-refractivity contribution in [3.05, 3.63) is 88.5 Å². The lowest BCUT2D eigenvalue weighted by atomic mass is 9.73. The number of hydrogen-bond donors (Lipinski definition) is 2. The highest BCUT2D eigenvalue weighted by atomic mass is 19.1. The monoisotopic (exact) mass is 539 g/mol. The van der Waals surface area contributed by atoms with Gasteiger partial charge in [-0.15, -0.1) is 0 Å². The SMILES string of the molecule is COc1ccc(F)cc1CC(C)(C)CC(O)(Cc1cc(F)ccc1OC)C(=O)Nc1ccc2c(c1)COC2=O. The molecule has 1 aliphatic heterocycles. The minimum Gasteiger partial charge on any atom is -0.496 e. The smallest absolute Gasteiger partial charge is 0.338 e. The van der Waals surface area contributed by atoms with Crippen LogP contribution in [-0.2, 0) is 29.0 Å². The van der Waals surface area contributed by atoms with Gasteiger partial charge in [0, 0.05) is 23.2 Å². The van der Waals surface area contributed by atoms with Crippen LogP contribution >= 0.6 is 0 Å². The molecule has 1 heterocycles. The van der Waals surface area contributed by atoms with Crippen LogP contribution in [0.5, 0.6) is 11.5 Å². The number of methoxy groups -OCH3 is 2. The molecule has 0 aromatic heterocycles. The van der Waals surface area contributed by atoms with E-state index in [2.05, 4.69) is 5.32 Å². The molecule has 0 spiro atoms. The first-order chi connectivity index (χ1) is 18.4. The molecule has 0 aliphatic carbocycles. The fourth-order valence-corrected chi connectivity index (χ4v) is 5.14. The van der Waals surface area contributed by atoms with E-state index in [1.165, 1.54) is 50.6 Å². The Morgan fingerprint density at radius 1 is 0.949 bits per heavy atom. The van der Waals surface area contributed by atoms with Crippen molar-refractivity contribution < 1.29 is 37.7 Å². The van der Waals surface area contributed by atoms with Crippen molar-refractivity contribution in [2.75, 3.05) is 19.5 Å². The maximum Gasteiger partial charge on any atom is 0.338 e. The average molecular weight is 540 g/mol. The van der Waals surface area contributed by atoms with Gasteiger partial charge in [-0.25, -0.2) is 13.6 Å². The summed E-state index contributed by atoms with van der Waals surface area (Å²) in [7, 11) is 2.91. The van der Waals surface area contributed by atoms with Gasteiger partial charge in [-0.2, -0.15) is 0 Å². The molecule has 0 fully saturated rings. The highest BCUT2D eigenvalue weighted by Crippen LogP contribution is 2.38. The maximum absolute atomic E-state index is 14.2. The molecule has 206 valence electrons. The van der Waals surface area contributed by atoms with Gasteiger partial charge in [0.2, 0.25) is 0 Å². The number of fused-ring (bicyclic) bond motifs is 1. The number of cyclic esters (lactones) is 1. The number of anilines is 1. The first-order valence-corrected chi connectivity index (χ1v) is 12.4. The van der Waals surface area contributed by atoms with Crippen LogP contribution < -0.4 is 14.8 Å². The molecule has 1 unspecified atom stereocenters. The molecule has 9 heteroatoms. The summed E-state index contributed by atoms with van der Waals surface area (Å²) in [4.78, 5) is 25.5. The van der Waals surface area contributed by atoms with E-state index in [4.69, 9.17) is 14.2 Å². The third-order valence-electron chi connectivity index (χ3n) is 6.77. The zero-order valence-corrected chi connectivity index (χ0v) is 22.3. The summed E-state index contributed by atoms with van der Waals surface area (Å²) in [5.41, 5.74) is -0.488. The van der Waals surface area contributed by atoms with Crippen molar-refractivity contribution in [2.45, 2.75) is 45.3 Å². The molecule has 0 saturated carbocycles. The second-order valence-corrected chi connectivity index (χ2v) is 10.5. The fraction of sp³-hybridized carbons (Fsp3) is 0.333. The zero-order chi connectivity index (χ0) is 28.4. The highest BCUT2D eigenvalue weighted by Gasteiger charge is 2.42. The van der Waals surface area contributed by atoms with Crippen molar-refractivity contribution in [3.8, 4) is 11.5 Å². The van der Waals surface area contributed by atoms with Crippen LogP contribution in [0.4, 0.5) is 14.5 Å². The van der Waals surface area contributed by atoms with Gasteiger partial charge in [0.25, 0.3) is 5.91 Å². The Balaban J connectivity index is 1.67. The molecular weight excluding hydrogens is 508 g/mol. The predicted octanol–water partition coefficient (Wildman–Crippen LogP) is 5.22. The lowest BCUT2D eigenvalue weighted by molar-refractivity contribution is -0.137. The molecule has 0 radical (unpaired) electrons. The van der Waals surface area contributed by atoms with Gasteiger partial charge in [0.05, 0.1) is 19.8 Å². The Kier molecular flexibility index (Phi) is 7.92. The number of hydrogen-bond acceptors (Lipinski definition) is 6. The normalized spacial score (nSPS) is 14.3. The van der Waals surface area contributed by atoms with Gasteiger partial charge in [0.15, 0.2) is 0 Å². The number of esters is 1. The van der Waals surface area contributed by atoms with Gasteiger partial charge in [-0.3, -0.25) is 4.79 Å². The van der Waals surface area contributed by atoms with E-state index in [-0.39, 0.29) is 25.9 Å². The Hall–Kier alpha value is -3.98. The standard InChI is InChI=1S/C30H31F2NO6/c1-29(2,14-18-11-21(31)5-9-25(18)37-3)17-30(36,15-19-12-22(32)6-10-26(19)38-4)28(35)33-23-7-8-24-20(13-23)16-39-27(24)34/h5-13,36H,14-17H2,1-4H3,(H,33,35). The zero-order valence-electron chi connectivity index (χ0n) is 22.3. The molecule has 1 amide bonds. The molecule has 1 atom stereocenters. The van der Waals surface area contributed by atoms with Gasteiger partial charge in [-0.05, 0) is 78.4 Å². The number of benzene rings is 3. The topological polar surface area (TPSA) is 94.1 Å². The Bertz CT molecular complexity index is 1410. The van der Waals surface area contributed by atoms with Crippen molar-refractivity contribution >= 4 is 17.6 Å². The first-order valence-electron chi connectivity index (χ1n) is 12.4. The van der Waals surface area contributed by atoms with E-state index >= 15 is 0 Å². The Labute approximate surface area is 225 Å². The summed E-state index contributed by atoms with van der Waals surface area (Å²) < 4.78 is 44.0. The van der Waals surface area contributed by atoms with Gasteiger partial charge in [-0.1, -0.05) is 13.8 Å². The highest BCUT2D eigenvalue weighted by molar-refractivity contribution is 5.99.